The molecule has 1 unspecified atom stereocenters. The van der Waals surface area contributed by atoms with Crippen LogP contribution >= 0.6 is 23.4 Å². The van der Waals surface area contributed by atoms with E-state index in [0.717, 1.165) is 41.2 Å². The maximum atomic E-state index is 12.5. The van der Waals surface area contributed by atoms with Gasteiger partial charge in [-0.05, 0) is 54.3 Å². The van der Waals surface area contributed by atoms with Gasteiger partial charge in [-0.25, -0.2) is 0 Å². The molecule has 1 N–H and O–H groups in total. The third-order valence-corrected chi connectivity index (χ3v) is 6.16. The number of benzene rings is 2. The Morgan fingerprint density at radius 3 is 2.89 bits per heavy atom. The molecule has 4 rings (SSSR count). The summed E-state index contributed by atoms with van der Waals surface area (Å²) in [6.07, 6.45) is 2.93. The maximum Gasteiger partial charge on any atom is 0.220 e. The van der Waals surface area contributed by atoms with Crippen LogP contribution in [0, 0.1) is 0 Å². The monoisotopic (exact) mass is 403 g/mol. The molecule has 0 aliphatic carbocycles. The lowest BCUT2D eigenvalue weighted by molar-refractivity contribution is -0.121. The van der Waals surface area contributed by atoms with E-state index >= 15 is 0 Å². The van der Waals surface area contributed by atoms with Crippen LogP contribution in [-0.2, 0) is 11.2 Å². The Balaban J connectivity index is 1.37. The second kappa shape index (κ2) is 8.44. The molecule has 0 saturated heterocycles. The average Bonchev–Trinajstić information content (AvgIpc) is 2.92. The van der Waals surface area contributed by atoms with Crippen molar-refractivity contribution in [2.75, 3.05) is 19.0 Å². The summed E-state index contributed by atoms with van der Waals surface area (Å²) in [6, 6.07) is 11.9. The quantitative estimate of drug-likeness (QED) is 0.797. The Morgan fingerprint density at radius 2 is 2.00 bits per heavy atom. The third-order valence-electron chi connectivity index (χ3n) is 4.80. The van der Waals surface area contributed by atoms with Gasteiger partial charge in [0.25, 0.3) is 0 Å². The Hall–Kier alpha value is -1.85. The van der Waals surface area contributed by atoms with Crippen molar-refractivity contribution >= 4 is 29.3 Å². The number of rotatable bonds is 4. The first-order chi connectivity index (χ1) is 13.2. The number of fused-ring (bicyclic) bond motifs is 2. The van der Waals surface area contributed by atoms with Crippen LogP contribution in [0.25, 0.3) is 0 Å². The number of amides is 1. The molecule has 0 spiro atoms. The Morgan fingerprint density at radius 1 is 1.15 bits per heavy atom. The minimum atomic E-state index is 0.0382. The van der Waals surface area contributed by atoms with Gasteiger partial charge in [-0.3, -0.25) is 4.79 Å². The molecular formula is C21H22ClNO3S. The van der Waals surface area contributed by atoms with Crippen LogP contribution < -0.4 is 14.8 Å². The SMILES string of the molecule is O=C(CCc1ccc2c(c1)OCCCO2)NC1CCSc2ccc(Cl)cc21. The molecule has 2 aromatic rings. The van der Waals surface area contributed by atoms with Gasteiger partial charge in [-0.2, -0.15) is 0 Å². The maximum absolute atomic E-state index is 12.5. The van der Waals surface area contributed by atoms with E-state index in [1.54, 1.807) is 0 Å². The third kappa shape index (κ3) is 4.53. The minimum Gasteiger partial charge on any atom is -0.490 e. The first-order valence-electron chi connectivity index (χ1n) is 9.29. The predicted octanol–water partition coefficient (Wildman–Crippen LogP) is 4.79. The fraction of sp³-hybridized carbons (Fsp3) is 0.381. The molecule has 2 aliphatic heterocycles. The summed E-state index contributed by atoms with van der Waals surface area (Å²) in [5.41, 5.74) is 2.21. The van der Waals surface area contributed by atoms with Crippen molar-refractivity contribution in [1.82, 2.24) is 5.32 Å². The number of carbonyl (C=O) groups excluding carboxylic acids is 1. The lowest BCUT2D eigenvalue weighted by Gasteiger charge is -2.26. The molecule has 142 valence electrons. The second-order valence-electron chi connectivity index (χ2n) is 6.77. The van der Waals surface area contributed by atoms with Crippen molar-refractivity contribution in [1.29, 1.82) is 0 Å². The number of aryl methyl sites for hydroxylation is 1. The number of halogens is 1. The molecule has 0 aromatic heterocycles. The van der Waals surface area contributed by atoms with E-state index < -0.39 is 0 Å². The fourth-order valence-electron chi connectivity index (χ4n) is 3.40. The van der Waals surface area contributed by atoms with Crippen LogP contribution in [0.5, 0.6) is 11.5 Å². The number of ether oxygens (including phenoxy) is 2. The van der Waals surface area contributed by atoms with Crippen LogP contribution in [0.4, 0.5) is 0 Å². The van der Waals surface area contributed by atoms with E-state index in [2.05, 4.69) is 5.32 Å². The van der Waals surface area contributed by atoms with Gasteiger partial charge in [-0.1, -0.05) is 17.7 Å². The van der Waals surface area contributed by atoms with E-state index in [-0.39, 0.29) is 11.9 Å². The van der Waals surface area contributed by atoms with Crippen LogP contribution in [0.15, 0.2) is 41.3 Å². The molecule has 1 atom stereocenters. The molecule has 27 heavy (non-hydrogen) atoms. The highest BCUT2D eigenvalue weighted by Crippen LogP contribution is 2.37. The molecule has 0 radical (unpaired) electrons. The van der Waals surface area contributed by atoms with Gasteiger partial charge in [0.15, 0.2) is 11.5 Å². The molecule has 1 amide bonds. The normalized spacial score (nSPS) is 18.3. The number of thioether (sulfide) groups is 1. The smallest absolute Gasteiger partial charge is 0.220 e. The molecule has 2 heterocycles. The molecule has 4 nitrogen and oxygen atoms in total. The van der Waals surface area contributed by atoms with Crippen LogP contribution in [-0.4, -0.2) is 24.9 Å². The molecule has 0 saturated carbocycles. The average molecular weight is 404 g/mol. The van der Waals surface area contributed by atoms with Gasteiger partial charge in [-0.15, -0.1) is 11.8 Å². The molecule has 2 aromatic carbocycles. The minimum absolute atomic E-state index is 0.0382. The summed E-state index contributed by atoms with van der Waals surface area (Å²) in [6.45, 7) is 1.35. The van der Waals surface area contributed by atoms with Crippen molar-refractivity contribution in [3.05, 3.63) is 52.5 Å². The standard InChI is InChI=1S/C21H22ClNO3S/c22-15-4-6-20-16(13-15)17(8-11-27-20)23-21(24)7-3-14-2-5-18-19(12-14)26-10-1-9-25-18/h2,4-6,12-13,17H,1,3,7-11H2,(H,23,24). The zero-order valence-electron chi connectivity index (χ0n) is 15.0. The van der Waals surface area contributed by atoms with Crippen LogP contribution in [0.2, 0.25) is 5.02 Å². The zero-order chi connectivity index (χ0) is 18.6. The van der Waals surface area contributed by atoms with Gasteiger partial charge in [0.2, 0.25) is 5.91 Å². The molecular weight excluding hydrogens is 382 g/mol. The van der Waals surface area contributed by atoms with Gasteiger partial charge in [0.05, 0.1) is 19.3 Å². The Labute approximate surface area is 168 Å². The van der Waals surface area contributed by atoms with Gasteiger partial charge >= 0.3 is 0 Å². The van der Waals surface area contributed by atoms with Crippen molar-refractivity contribution < 1.29 is 14.3 Å². The number of carbonyl (C=O) groups is 1. The summed E-state index contributed by atoms with van der Waals surface area (Å²) < 4.78 is 11.4. The molecule has 0 fully saturated rings. The van der Waals surface area contributed by atoms with E-state index in [1.807, 2.05) is 48.2 Å². The summed E-state index contributed by atoms with van der Waals surface area (Å²) in [5, 5.41) is 3.89. The lowest BCUT2D eigenvalue weighted by Crippen LogP contribution is -2.30. The van der Waals surface area contributed by atoms with Crippen molar-refractivity contribution in [2.45, 2.75) is 36.6 Å². The topological polar surface area (TPSA) is 47.6 Å². The van der Waals surface area contributed by atoms with Crippen molar-refractivity contribution in [2.24, 2.45) is 0 Å². The molecule has 6 heteroatoms. The molecule has 2 aliphatic rings. The van der Waals surface area contributed by atoms with Crippen molar-refractivity contribution in [3.63, 3.8) is 0 Å². The van der Waals surface area contributed by atoms with Gasteiger partial charge in [0.1, 0.15) is 0 Å². The van der Waals surface area contributed by atoms with Crippen molar-refractivity contribution in [3.8, 4) is 11.5 Å². The largest absolute Gasteiger partial charge is 0.490 e. The zero-order valence-corrected chi connectivity index (χ0v) is 16.6. The second-order valence-corrected chi connectivity index (χ2v) is 8.34. The first kappa shape index (κ1) is 18.5. The van der Waals surface area contributed by atoms with E-state index in [1.165, 1.54) is 4.90 Å². The van der Waals surface area contributed by atoms with Crippen LogP contribution in [0.1, 0.15) is 36.4 Å². The Bertz CT molecular complexity index is 842. The van der Waals surface area contributed by atoms with E-state index in [9.17, 15) is 4.79 Å². The number of nitrogens with one attached hydrogen (secondary N) is 1. The summed E-state index contributed by atoms with van der Waals surface area (Å²) in [4.78, 5) is 13.7. The van der Waals surface area contributed by atoms with E-state index in [0.29, 0.717) is 31.1 Å². The van der Waals surface area contributed by atoms with Gasteiger partial charge < -0.3 is 14.8 Å². The molecule has 0 bridgehead atoms. The Kier molecular flexibility index (Phi) is 5.79. The fourth-order valence-corrected chi connectivity index (χ4v) is 4.69. The highest BCUT2D eigenvalue weighted by molar-refractivity contribution is 7.99. The van der Waals surface area contributed by atoms with E-state index in [4.69, 9.17) is 21.1 Å². The lowest BCUT2D eigenvalue weighted by atomic mass is 10.0. The first-order valence-corrected chi connectivity index (χ1v) is 10.7. The number of hydrogen-bond acceptors (Lipinski definition) is 4. The number of hydrogen-bond donors (Lipinski definition) is 1. The highest BCUT2D eigenvalue weighted by atomic mass is 35.5. The predicted molar refractivity (Wildman–Crippen MR) is 108 cm³/mol. The highest BCUT2D eigenvalue weighted by Gasteiger charge is 2.22. The van der Waals surface area contributed by atoms with Crippen LogP contribution in [0.3, 0.4) is 0 Å². The summed E-state index contributed by atoms with van der Waals surface area (Å²) in [7, 11) is 0. The summed E-state index contributed by atoms with van der Waals surface area (Å²) >= 11 is 7.96. The van der Waals surface area contributed by atoms with Gasteiger partial charge in [0, 0.05) is 28.5 Å². The summed E-state index contributed by atoms with van der Waals surface area (Å²) in [5.74, 6) is 2.62.